The molecule has 1 aromatic carbocycles. The van der Waals surface area contributed by atoms with Gasteiger partial charge in [-0.1, -0.05) is 12.1 Å². The first-order valence-electron chi connectivity index (χ1n) is 8.26. The van der Waals surface area contributed by atoms with E-state index in [-0.39, 0.29) is 16.9 Å². The Balaban J connectivity index is 1.85. The molecule has 0 saturated heterocycles. The lowest BCUT2D eigenvalue weighted by molar-refractivity contribution is -0.135. The molecule has 0 bridgehead atoms. The molecule has 26 heavy (non-hydrogen) atoms. The fourth-order valence-corrected chi connectivity index (χ4v) is 4.51. The second-order valence-electron chi connectivity index (χ2n) is 7.34. The third-order valence-electron chi connectivity index (χ3n) is 4.09. The van der Waals surface area contributed by atoms with E-state index in [1.165, 1.54) is 23.5 Å². The highest BCUT2D eigenvalue weighted by Gasteiger charge is 2.39. The highest BCUT2D eigenvalue weighted by atomic mass is 32.1. The van der Waals surface area contributed by atoms with E-state index in [2.05, 4.69) is 10.1 Å². The number of hydrogen-bond donors (Lipinski definition) is 1. The molecule has 1 aliphatic rings. The number of halogens is 2. The molecule has 2 heterocycles. The van der Waals surface area contributed by atoms with Crippen molar-refractivity contribution in [3.8, 4) is 5.75 Å². The van der Waals surface area contributed by atoms with Crippen LogP contribution in [0.15, 0.2) is 30.3 Å². The van der Waals surface area contributed by atoms with Crippen molar-refractivity contribution in [2.24, 2.45) is 0 Å². The molecule has 0 spiro atoms. The van der Waals surface area contributed by atoms with Crippen molar-refractivity contribution in [1.29, 1.82) is 0 Å². The van der Waals surface area contributed by atoms with E-state index in [0.29, 0.717) is 5.00 Å². The summed E-state index contributed by atoms with van der Waals surface area (Å²) in [5.74, 6) is -0.635. The molecule has 0 aliphatic carbocycles. The van der Waals surface area contributed by atoms with Gasteiger partial charge in [-0.25, -0.2) is 0 Å². The zero-order valence-corrected chi connectivity index (χ0v) is 15.9. The van der Waals surface area contributed by atoms with Crippen molar-refractivity contribution in [1.82, 2.24) is 0 Å². The Kier molecular flexibility index (Phi) is 4.79. The second kappa shape index (κ2) is 6.63. The van der Waals surface area contributed by atoms with Crippen molar-refractivity contribution < 1.29 is 23.0 Å². The summed E-state index contributed by atoms with van der Waals surface area (Å²) < 4.78 is 35.7. The Bertz CT molecular complexity index is 830. The van der Waals surface area contributed by atoms with Gasteiger partial charge in [0.1, 0.15) is 5.75 Å². The summed E-state index contributed by atoms with van der Waals surface area (Å²) in [5, 5.41) is 3.45. The quantitative estimate of drug-likeness (QED) is 0.793. The average Bonchev–Trinajstić information content (AvgIpc) is 2.88. The molecule has 2 aromatic rings. The molecule has 3 rings (SSSR count). The van der Waals surface area contributed by atoms with Gasteiger partial charge in [-0.05, 0) is 51.5 Å². The number of fused-ring (bicyclic) bond motifs is 1. The lowest BCUT2D eigenvalue weighted by Gasteiger charge is -2.41. The van der Waals surface area contributed by atoms with Crippen molar-refractivity contribution >= 4 is 22.2 Å². The number of rotatable bonds is 4. The maximum atomic E-state index is 12.6. The molecule has 0 atom stereocenters. The molecule has 0 fully saturated rings. The molecule has 140 valence electrons. The number of anilines is 1. The number of thiophene rings is 1. The van der Waals surface area contributed by atoms with Gasteiger partial charge in [-0.3, -0.25) is 4.79 Å². The van der Waals surface area contributed by atoms with E-state index in [9.17, 15) is 13.6 Å². The highest BCUT2D eigenvalue weighted by Crippen LogP contribution is 2.45. The topological polar surface area (TPSA) is 47.6 Å². The number of carbonyl (C=O) groups is 1. The number of alkyl halides is 2. The van der Waals surface area contributed by atoms with E-state index in [4.69, 9.17) is 4.74 Å². The number of carbonyl (C=O) groups excluding carboxylic acids is 1. The van der Waals surface area contributed by atoms with Crippen molar-refractivity contribution in [2.45, 2.75) is 51.9 Å². The van der Waals surface area contributed by atoms with Gasteiger partial charge in [0.15, 0.2) is 0 Å². The molecular weight excluding hydrogens is 360 g/mol. The van der Waals surface area contributed by atoms with Gasteiger partial charge < -0.3 is 14.8 Å². The van der Waals surface area contributed by atoms with Crippen LogP contribution in [0.1, 0.15) is 48.5 Å². The summed E-state index contributed by atoms with van der Waals surface area (Å²) in [6.45, 7) is 5.08. The summed E-state index contributed by atoms with van der Waals surface area (Å²) in [6.07, 6.45) is 0.739. The summed E-state index contributed by atoms with van der Waals surface area (Å²) in [4.78, 5) is 13.6. The van der Waals surface area contributed by atoms with Crippen LogP contribution < -0.4 is 10.1 Å². The lowest BCUT2D eigenvalue weighted by atomic mass is 9.89. The average molecular weight is 381 g/mol. The maximum absolute atomic E-state index is 12.6. The monoisotopic (exact) mass is 381 g/mol. The number of para-hydroxylation sites is 1. The SMILES string of the molecule is CC1(C)Cc2cc(NC(=O)c3ccccc3OC(F)F)sc2C(C)(C)O1. The first-order chi connectivity index (χ1) is 12.1. The number of hydrogen-bond acceptors (Lipinski definition) is 4. The van der Waals surface area contributed by atoms with Crippen LogP contribution in [-0.4, -0.2) is 18.1 Å². The van der Waals surface area contributed by atoms with Crippen LogP contribution in [0.2, 0.25) is 0 Å². The smallest absolute Gasteiger partial charge is 0.387 e. The van der Waals surface area contributed by atoms with E-state index in [0.717, 1.165) is 16.9 Å². The van der Waals surface area contributed by atoms with Gasteiger partial charge in [0.2, 0.25) is 0 Å². The Morgan fingerprint density at radius 3 is 2.65 bits per heavy atom. The van der Waals surface area contributed by atoms with Crippen molar-refractivity contribution in [2.75, 3.05) is 5.32 Å². The van der Waals surface area contributed by atoms with E-state index in [1.54, 1.807) is 12.1 Å². The fourth-order valence-electron chi connectivity index (χ4n) is 3.40. The summed E-state index contributed by atoms with van der Waals surface area (Å²) in [6, 6.07) is 7.88. The fraction of sp³-hybridized carbons (Fsp3) is 0.421. The minimum atomic E-state index is -2.99. The summed E-state index contributed by atoms with van der Waals surface area (Å²) in [7, 11) is 0. The number of ether oxygens (including phenoxy) is 2. The van der Waals surface area contributed by atoms with Crippen LogP contribution in [0.3, 0.4) is 0 Å². The van der Waals surface area contributed by atoms with Crippen LogP contribution >= 0.6 is 11.3 Å². The Labute approximate surface area is 155 Å². The van der Waals surface area contributed by atoms with Gasteiger partial charge >= 0.3 is 6.61 Å². The van der Waals surface area contributed by atoms with Gasteiger partial charge in [0, 0.05) is 11.3 Å². The first-order valence-corrected chi connectivity index (χ1v) is 9.08. The summed E-state index contributed by atoms with van der Waals surface area (Å²) in [5.41, 5.74) is 0.441. The molecule has 0 radical (unpaired) electrons. The van der Waals surface area contributed by atoms with Gasteiger partial charge in [-0.15, -0.1) is 11.3 Å². The van der Waals surface area contributed by atoms with Crippen molar-refractivity contribution in [3.05, 3.63) is 46.3 Å². The Morgan fingerprint density at radius 1 is 1.27 bits per heavy atom. The van der Waals surface area contributed by atoms with E-state index >= 15 is 0 Å². The van der Waals surface area contributed by atoms with E-state index in [1.807, 2.05) is 33.8 Å². The number of amides is 1. The summed E-state index contributed by atoms with van der Waals surface area (Å²) >= 11 is 1.44. The molecule has 1 N–H and O–H groups in total. The van der Waals surface area contributed by atoms with Crippen LogP contribution in [0.25, 0.3) is 0 Å². The molecule has 0 saturated carbocycles. The molecule has 0 unspecified atom stereocenters. The Hall–Kier alpha value is -1.99. The standard InChI is InChI=1S/C19H21F2NO3S/c1-18(2)10-11-9-14(26-15(11)19(3,4)25-18)22-16(23)12-7-5-6-8-13(12)24-17(20)21/h5-9,17H,10H2,1-4H3,(H,22,23). The third kappa shape index (κ3) is 3.88. The van der Waals surface area contributed by atoms with Gasteiger partial charge in [0.05, 0.1) is 21.8 Å². The van der Waals surface area contributed by atoms with Gasteiger partial charge in [0.25, 0.3) is 5.91 Å². The zero-order valence-electron chi connectivity index (χ0n) is 15.1. The van der Waals surface area contributed by atoms with Crippen molar-refractivity contribution in [3.63, 3.8) is 0 Å². The van der Waals surface area contributed by atoms with E-state index < -0.39 is 18.1 Å². The maximum Gasteiger partial charge on any atom is 0.387 e. The lowest BCUT2D eigenvalue weighted by Crippen LogP contribution is -2.41. The Morgan fingerprint density at radius 2 is 1.96 bits per heavy atom. The molecule has 4 nitrogen and oxygen atoms in total. The van der Waals surface area contributed by atoms with Crippen LogP contribution in [0.5, 0.6) is 5.75 Å². The number of nitrogens with one attached hydrogen (secondary N) is 1. The predicted molar refractivity (Wildman–Crippen MR) is 97.2 cm³/mol. The molecule has 1 amide bonds. The third-order valence-corrected chi connectivity index (χ3v) is 5.49. The molecule has 1 aliphatic heterocycles. The minimum absolute atomic E-state index is 0.0648. The second-order valence-corrected chi connectivity index (χ2v) is 8.39. The molecule has 1 aromatic heterocycles. The minimum Gasteiger partial charge on any atom is -0.434 e. The molecular formula is C19H21F2NO3S. The van der Waals surface area contributed by atoms with Crippen LogP contribution in [0, 0.1) is 0 Å². The number of benzene rings is 1. The first kappa shape index (κ1) is 18.8. The van der Waals surface area contributed by atoms with Crippen LogP contribution in [0.4, 0.5) is 13.8 Å². The predicted octanol–water partition coefficient (Wildman–Crippen LogP) is 5.19. The normalized spacial score (nSPS) is 17.7. The van der Waals surface area contributed by atoms with Crippen LogP contribution in [-0.2, 0) is 16.8 Å². The van der Waals surface area contributed by atoms with Gasteiger partial charge in [-0.2, -0.15) is 8.78 Å². The highest BCUT2D eigenvalue weighted by molar-refractivity contribution is 7.16. The largest absolute Gasteiger partial charge is 0.434 e. The zero-order chi connectivity index (χ0) is 19.1. The molecule has 7 heteroatoms.